The third-order valence-electron chi connectivity index (χ3n) is 5.08. The maximum absolute atomic E-state index is 4.58. The summed E-state index contributed by atoms with van der Waals surface area (Å²) in [5.41, 5.74) is 2.46. The predicted molar refractivity (Wildman–Crippen MR) is 100 cm³/mol. The van der Waals surface area contributed by atoms with Gasteiger partial charge in [0.1, 0.15) is 5.82 Å². The van der Waals surface area contributed by atoms with E-state index in [4.69, 9.17) is 0 Å². The normalized spacial score (nSPS) is 16.5. The molecule has 25 heavy (non-hydrogen) atoms. The van der Waals surface area contributed by atoms with E-state index >= 15 is 0 Å². The lowest BCUT2D eigenvalue weighted by Crippen LogP contribution is -2.45. The molecule has 0 spiro atoms. The van der Waals surface area contributed by atoms with Gasteiger partial charge >= 0.3 is 0 Å². The van der Waals surface area contributed by atoms with Crippen molar-refractivity contribution in [3.05, 3.63) is 60.3 Å². The van der Waals surface area contributed by atoms with Crippen LogP contribution in [-0.4, -0.2) is 50.5 Å². The molecule has 3 heterocycles. The average Bonchev–Trinajstić information content (AvgIpc) is 3.11. The zero-order chi connectivity index (χ0) is 17.1. The molecule has 0 saturated carbocycles. The Kier molecular flexibility index (Phi) is 4.76. The Hall–Kier alpha value is -2.24. The van der Waals surface area contributed by atoms with Crippen LogP contribution in [0.3, 0.4) is 0 Å². The molecule has 5 nitrogen and oxygen atoms in total. The van der Waals surface area contributed by atoms with E-state index < -0.39 is 0 Å². The average molecular weight is 335 g/mol. The van der Waals surface area contributed by atoms with Crippen molar-refractivity contribution in [2.24, 2.45) is 0 Å². The highest BCUT2D eigenvalue weighted by Gasteiger charge is 2.19. The number of aromatic nitrogens is 3. The molecule has 0 aliphatic carbocycles. The number of imidazole rings is 1. The molecule has 0 N–H and O–H groups in total. The topological polar surface area (TPSA) is 37.2 Å². The number of pyridine rings is 1. The summed E-state index contributed by atoms with van der Waals surface area (Å²) in [6.07, 6.45) is 5.86. The van der Waals surface area contributed by atoms with Crippen LogP contribution in [0, 0.1) is 0 Å². The number of hydrogen-bond donors (Lipinski definition) is 0. The zero-order valence-electron chi connectivity index (χ0n) is 14.8. The van der Waals surface area contributed by atoms with Crippen molar-refractivity contribution in [3.8, 4) is 0 Å². The Morgan fingerprint density at radius 1 is 0.880 bits per heavy atom. The highest BCUT2D eigenvalue weighted by molar-refractivity contribution is 5.81. The number of rotatable bonds is 5. The summed E-state index contributed by atoms with van der Waals surface area (Å²) in [7, 11) is 0. The summed E-state index contributed by atoms with van der Waals surface area (Å²) in [5.74, 6) is 1.18. The number of fused-ring (bicyclic) bond motifs is 1. The molecule has 1 aliphatic rings. The van der Waals surface area contributed by atoms with Crippen LogP contribution in [0.25, 0.3) is 10.9 Å². The van der Waals surface area contributed by atoms with E-state index in [0.717, 1.165) is 51.3 Å². The van der Waals surface area contributed by atoms with Gasteiger partial charge in [-0.15, -0.1) is 0 Å². The Labute approximate surface area is 148 Å². The van der Waals surface area contributed by atoms with Gasteiger partial charge in [-0.05, 0) is 18.6 Å². The molecule has 0 bridgehead atoms. The van der Waals surface area contributed by atoms with Gasteiger partial charge < -0.3 is 4.57 Å². The van der Waals surface area contributed by atoms with Gasteiger partial charge in [-0.1, -0.05) is 24.3 Å². The lowest BCUT2D eigenvalue weighted by molar-refractivity contribution is 0.119. The molecule has 0 atom stereocenters. The van der Waals surface area contributed by atoms with Crippen LogP contribution in [0.15, 0.2) is 48.9 Å². The molecule has 2 aromatic heterocycles. The fourth-order valence-electron chi connectivity index (χ4n) is 3.62. The standard InChI is InChI=1S/C20H25N5/c1-2-25-10-9-21-19(25)16-24-13-11-23(12-14-24)15-18-6-3-5-17-7-4-8-22-20(17)18/h3-10H,2,11-16H2,1H3. The monoisotopic (exact) mass is 335 g/mol. The first kappa shape index (κ1) is 16.2. The lowest BCUT2D eigenvalue weighted by atomic mass is 10.1. The van der Waals surface area contributed by atoms with Crippen LogP contribution in [-0.2, 0) is 19.6 Å². The molecule has 1 fully saturated rings. The van der Waals surface area contributed by atoms with Crippen LogP contribution in [0.1, 0.15) is 18.3 Å². The Morgan fingerprint density at radius 2 is 1.64 bits per heavy atom. The van der Waals surface area contributed by atoms with Gasteiger partial charge in [-0.3, -0.25) is 14.8 Å². The van der Waals surface area contributed by atoms with Crippen molar-refractivity contribution < 1.29 is 0 Å². The van der Waals surface area contributed by atoms with Gasteiger partial charge in [0, 0.05) is 63.2 Å². The van der Waals surface area contributed by atoms with E-state index in [9.17, 15) is 0 Å². The van der Waals surface area contributed by atoms with Crippen molar-refractivity contribution in [1.29, 1.82) is 0 Å². The number of piperazine rings is 1. The predicted octanol–water partition coefficient (Wildman–Crippen LogP) is 2.77. The van der Waals surface area contributed by atoms with E-state index in [1.807, 2.05) is 18.5 Å². The second-order valence-electron chi connectivity index (χ2n) is 6.67. The van der Waals surface area contributed by atoms with Gasteiger partial charge in [0.05, 0.1) is 12.1 Å². The number of hydrogen-bond acceptors (Lipinski definition) is 4. The Bertz CT molecular complexity index is 827. The van der Waals surface area contributed by atoms with Crippen LogP contribution >= 0.6 is 0 Å². The van der Waals surface area contributed by atoms with Crippen molar-refractivity contribution in [2.45, 2.75) is 26.6 Å². The number of aryl methyl sites for hydroxylation is 1. The van der Waals surface area contributed by atoms with Crippen LogP contribution in [0.4, 0.5) is 0 Å². The van der Waals surface area contributed by atoms with Gasteiger partial charge in [0.15, 0.2) is 0 Å². The summed E-state index contributed by atoms with van der Waals surface area (Å²) >= 11 is 0. The first-order valence-corrected chi connectivity index (χ1v) is 9.11. The molecule has 3 aromatic rings. The summed E-state index contributed by atoms with van der Waals surface area (Å²) in [4.78, 5) is 14.1. The van der Waals surface area contributed by atoms with E-state index in [2.05, 4.69) is 61.7 Å². The van der Waals surface area contributed by atoms with Gasteiger partial charge in [-0.2, -0.15) is 0 Å². The second kappa shape index (κ2) is 7.33. The van der Waals surface area contributed by atoms with Crippen molar-refractivity contribution in [2.75, 3.05) is 26.2 Å². The largest absolute Gasteiger partial charge is 0.334 e. The highest BCUT2D eigenvalue weighted by atomic mass is 15.3. The molecule has 5 heteroatoms. The molecule has 0 radical (unpaired) electrons. The van der Waals surface area contributed by atoms with E-state index in [0.29, 0.717) is 0 Å². The van der Waals surface area contributed by atoms with E-state index in [1.54, 1.807) is 0 Å². The number of benzene rings is 1. The number of nitrogens with zero attached hydrogens (tertiary/aromatic N) is 5. The van der Waals surface area contributed by atoms with Crippen molar-refractivity contribution in [1.82, 2.24) is 24.3 Å². The molecule has 1 saturated heterocycles. The fourth-order valence-corrected chi connectivity index (χ4v) is 3.62. The second-order valence-corrected chi connectivity index (χ2v) is 6.67. The highest BCUT2D eigenvalue weighted by Crippen LogP contribution is 2.18. The Morgan fingerprint density at radius 3 is 2.44 bits per heavy atom. The fraction of sp³-hybridized carbons (Fsp3) is 0.400. The summed E-state index contributed by atoms with van der Waals surface area (Å²) in [6.45, 7) is 9.46. The molecule has 4 rings (SSSR count). The summed E-state index contributed by atoms with van der Waals surface area (Å²) in [5, 5.41) is 1.23. The summed E-state index contributed by atoms with van der Waals surface area (Å²) in [6, 6.07) is 10.6. The van der Waals surface area contributed by atoms with Gasteiger partial charge in [0.25, 0.3) is 0 Å². The van der Waals surface area contributed by atoms with Gasteiger partial charge in [0.2, 0.25) is 0 Å². The minimum Gasteiger partial charge on any atom is -0.334 e. The zero-order valence-corrected chi connectivity index (χ0v) is 14.8. The van der Waals surface area contributed by atoms with Crippen LogP contribution in [0.5, 0.6) is 0 Å². The SMILES string of the molecule is CCn1ccnc1CN1CCN(Cc2cccc3cccnc23)CC1. The van der Waals surface area contributed by atoms with Crippen LogP contribution in [0.2, 0.25) is 0 Å². The third kappa shape index (κ3) is 3.57. The minimum absolute atomic E-state index is 0.949. The van der Waals surface area contributed by atoms with Crippen molar-refractivity contribution >= 4 is 10.9 Å². The summed E-state index contributed by atoms with van der Waals surface area (Å²) < 4.78 is 2.23. The quantitative estimate of drug-likeness (QED) is 0.718. The Balaban J connectivity index is 1.37. The smallest absolute Gasteiger partial charge is 0.122 e. The molecule has 1 aliphatic heterocycles. The molecule has 0 amide bonds. The van der Waals surface area contributed by atoms with Crippen molar-refractivity contribution in [3.63, 3.8) is 0 Å². The van der Waals surface area contributed by atoms with Crippen LogP contribution < -0.4 is 0 Å². The first-order chi connectivity index (χ1) is 12.3. The molecule has 1 aromatic carbocycles. The molecule has 130 valence electrons. The maximum Gasteiger partial charge on any atom is 0.122 e. The number of para-hydroxylation sites is 1. The van der Waals surface area contributed by atoms with E-state index in [-0.39, 0.29) is 0 Å². The molecular formula is C20H25N5. The van der Waals surface area contributed by atoms with E-state index in [1.165, 1.54) is 16.8 Å². The maximum atomic E-state index is 4.58. The lowest BCUT2D eigenvalue weighted by Gasteiger charge is -2.34. The molecule has 0 unspecified atom stereocenters. The first-order valence-electron chi connectivity index (χ1n) is 9.11. The molecular weight excluding hydrogens is 310 g/mol. The minimum atomic E-state index is 0.949. The van der Waals surface area contributed by atoms with Gasteiger partial charge in [-0.25, -0.2) is 4.98 Å². The third-order valence-corrected chi connectivity index (χ3v) is 5.08.